The zero-order chi connectivity index (χ0) is 14.1. The number of hydrogen-bond donors (Lipinski definition) is 2. The van der Waals surface area contributed by atoms with Gasteiger partial charge in [-0.1, -0.05) is 45.9 Å². The molecule has 100 valence electrons. The zero-order valence-corrected chi connectivity index (χ0v) is 12.7. The normalized spacial score (nSPS) is 10.8. The van der Waals surface area contributed by atoms with E-state index in [1.54, 1.807) is 12.1 Å². The van der Waals surface area contributed by atoms with Gasteiger partial charge in [0.25, 0.3) is 0 Å². The van der Waals surface area contributed by atoms with Crippen molar-refractivity contribution in [3.8, 4) is 0 Å². The Labute approximate surface area is 128 Å². The number of H-pyrrole nitrogens is 1. The highest BCUT2D eigenvalue weighted by Crippen LogP contribution is 2.33. The van der Waals surface area contributed by atoms with Gasteiger partial charge in [0.15, 0.2) is 0 Å². The lowest BCUT2D eigenvalue weighted by Gasteiger charge is -2.04. The van der Waals surface area contributed by atoms with E-state index in [0.29, 0.717) is 10.5 Å². The molecule has 0 amide bonds. The van der Waals surface area contributed by atoms with Gasteiger partial charge in [0.2, 0.25) is 0 Å². The highest BCUT2D eigenvalue weighted by Gasteiger charge is 2.12. The standard InChI is InChI=1S/C15H10BrNO2S/c16-10-5-6-11(15(18)19)13(8-10)20-14-7-9-3-1-2-4-12(9)17-14/h1-8,17H,(H,18,19). The number of aromatic carboxylic acids is 1. The maximum absolute atomic E-state index is 11.3. The fraction of sp³-hybridized carbons (Fsp3) is 0. The van der Waals surface area contributed by atoms with Gasteiger partial charge in [0, 0.05) is 20.3 Å². The molecule has 0 atom stereocenters. The minimum atomic E-state index is -0.920. The van der Waals surface area contributed by atoms with E-state index in [-0.39, 0.29) is 0 Å². The lowest BCUT2D eigenvalue weighted by molar-refractivity contribution is 0.0693. The topological polar surface area (TPSA) is 53.1 Å². The van der Waals surface area contributed by atoms with E-state index in [4.69, 9.17) is 0 Å². The number of nitrogens with one attached hydrogen (secondary N) is 1. The van der Waals surface area contributed by atoms with Crippen molar-refractivity contribution >= 4 is 44.6 Å². The second-order valence-electron chi connectivity index (χ2n) is 4.27. The van der Waals surface area contributed by atoms with E-state index >= 15 is 0 Å². The van der Waals surface area contributed by atoms with E-state index < -0.39 is 5.97 Å². The summed E-state index contributed by atoms with van der Waals surface area (Å²) >= 11 is 4.79. The number of aromatic amines is 1. The summed E-state index contributed by atoms with van der Waals surface area (Å²) in [5, 5.41) is 11.3. The Balaban J connectivity index is 2.01. The Bertz CT molecular complexity index is 764. The van der Waals surface area contributed by atoms with Crippen LogP contribution in [-0.4, -0.2) is 16.1 Å². The van der Waals surface area contributed by atoms with E-state index in [1.807, 2.05) is 36.4 Å². The van der Waals surface area contributed by atoms with E-state index in [0.717, 1.165) is 20.4 Å². The molecule has 0 fully saturated rings. The van der Waals surface area contributed by atoms with Crippen molar-refractivity contribution in [2.45, 2.75) is 9.92 Å². The molecule has 2 N–H and O–H groups in total. The lowest BCUT2D eigenvalue weighted by atomic mass is 10.2. The first-order valence-corrected chi connectivity index (χ1v) is 7.53. The van der Waals surface area contributed by atoms with Crippen molar-refractivity contribution < 1.29 is 9.90 Å². The number of hydrogen-bond acceptors (Lipinski definition) is 2. The second kappa shape index (κ2) is 5.34. The molecule has 1 heterocycles. The van der Waals surface area contributed by atoms with Gasteiger partial charge in [-0.25, -0.2) is 4.79 Å². The number of fused-ring (bicyclic) bond motifs is 1. The average Bonchev–Trinajstić information content (AvgIpc) is 2.80. The van der Waals surface area contributed by atoms with Crippen molar-refractivity contribution in [3.63, 3.8) is 0 Å². The van der Waals surface area contributed by atoms with Gasteiger partial charge in [0.1, 0.15) is 0 Å². The van der Waals surface area contributed by atoms with E-state index in [9.17, 15) is 9.90 Å². The van der Waals surface area contributed by atoms with E-state index in [1.165, 1.54) is 11.8 Å². The number of carboxylic acids is 1. The number of para-hydroxylation sites is 1. The highest BCUT2D eigenvalue weighted by atomic mass is 79.9. The molecule has 0 aliphatic carbocycles. The van der Waals surface area contributed by atoms with Crippen molar-refractivity contribution in [2.24, 2.45) is 0 Å². The Kier molecular flexibility index (Phi) is 3.54. The van der Waals surface area contributed by atoms with Crippen LogP contribution in [-0.2, 0) is 0 Å². The molecule has 0 radical (unpaired) electrons. The predicted molar refractivity (Wildman–Crippen MR) is 83.5 cm³/mol. The minimum absolute atomic E-state index is 0.303. The summed E-state index contributed by atoms with van der Waals surface area (Å²) in [4.78, 5) is 15.2. The number of carbonyl (C=O) groups is 1. The maximum atomic E-state index is 11.3. The molecule has 3 aromatic rings. The molecular formula is C15H10BrNO2S. The molecule has 1 aromatic heterocycles. The molecule has 3 rings (SSSR count). The first-order valence-electron chi connectivity index (χ1n) is 5.92. The largest absolute Gasteiger partial charge is 0.478 e. The quantitative estimate of drug-likeness (QED) is 0.716. The van der Waals surface area contributed by atoms with Gasteiger partial charge in [0.05, 0.1) is 10.6 Å². The smallest absolute Gasteiger partial charge is 0.336 e. The number of carboxylic acid groups (broad SMARTS) is 1. The third-order valence-electron chi connectivity index (χ3n) is 2.90. The van der Waals surface area contributed by atoms with Crippen LogP contribution in [0.4, 0.5) is 0 Å². The fourth-order valence-corrected chi connectivity index (χ4v) is 3.53. The Hall–Kier alpha value is -1.72. The maximum Gasteiger partial charge on any atom is 0.336 e. The monoisotopic (exact) mass is 347 g/mol. The van der Waals surface area contributed by atoms with Gasteiger partial charge < -0.3 is 10.1 Å². The highest BCUT2D eigenvalue weighted by molar-refractivity contribution is 9.10. The molecule has 0 saturated heterocycles. The summed E-state index contributed by atoms with van der Waals surface area (Å²) in [6.07, 6.45) is 0. The molecule has 5 heteroatoms. The SMILES string of the molecule is O=C(O)c1ccc(Br)cc1Sc1cc2ccccc2[nH]1. The molecule has 0 spiro atoms. The third kappa shape index (κ3) is 2.59. The van der Waals surface area contributed by atoms with Gasteiger partial charge in [-0.2, -0.15) is 0 Å². The van der Waals surface area contributed by atoms with Gasteiger partial charge in [-0.05, 0) is 30.3 Å². The van der Waals surface area contributed by atoms with Crippen molar-refractivity contribution in [1.29, 1.82) is 0 Å². The van der Waals surface area contributed by atoms with Gasteiger partial charge >= 0.3 is 5.97 Å². The van der Waals surface area contributed by atoms with Crippen LogP contribution in [0.5, 0.6) is 0 Å². The fourth-order valence-electron chi connectivity index (χ4n) is 1.98. The molecule has 3 nitrogen and oxygen atoms in total. The summed E-state index contributed by atoms with van der Waals surface area (Å²) in [5.74, 6) is -0.920. The summed E-state index contributed by atoms with van der Waals surface area (Å²) < 4.78 is 0.862. The van der Waals surface area contributed by atoms with Crippen LogP contribution in [0.2, 0.25) is 0 Å². The third-order valence-corrected chi connectivity index (χ3v) is 4.39. The van der Waals surface area contributed by atoms with Crippen LogP contribution in [0, 0.1) is 0 Å². The van der Waals surface area contributed by atoms with Crippen LogP contribution >= 0.6 is 27.7 Å². The van der Waals surface area contributed by atoms with Crippen LogP contribution in [0.1, 0.15) is 10.4 Å². The number of benzene rings is 2. The zero-order valence-electron chi connectivity index (χ0n) is 10.3. The van der Waals surface area contributed by atoms with Crippen LogP contribution < -0.4 is 0 Å². The van der Waals surface area contributed by atoms with Crippen LogP contribution in [0.15, 0.2) is 62.9 Å². The predicted octanol–water partition coefficient (Wildman–Crippen LogP) is 4.78. The molecular weight excluding hydrogens is 338 g/mol. The Morgan fingerprint density at radius 3 is 2.70 bits per heavy atom. The van der Waals surface area contributed by atoms with E-state index in [2.05, 4.69) is 20.9 Å². The molecule has 0 aliphatic rings. The summed E-state index contributed by atoms with van der Waals surface area (Å²) in [7, 11) is 0. The molecule has 20 heavy (non-hydrogen) atoms. The lowest BCUT2D eigenvalue weighted by Crippen LogP contribution is -1.98. The number of aromatic nitrogens is 1. The van der Waals surface area contributed by atoms with Crippen molar-refractivity contribution in [3.05, 3.63) is 58.6 Å². The van der Waals surface area contributed by atoms with Gasteiger partial charge in [-0.3, -0.25) is 0 Å². The Morgan fingerprint density at radius 1 is 1.15 bits per heavy atom. The molecule has 2 aromatic carbocycles. The van der Waals surface area contributed by atoms with Crippen molar-refractivity contribution in [1.82, 2.24) is 4.98 Å². The van der Waals surface area contributed by atoms with Crippen LogP contribution in [0.25, 0.3) is 10.9 Å². The molecule has 0 unspecified atom stereocenters. The summed E-state index contributed by atoms with van der Waals surface area (Å²) in [6, 6.07) is 15.1. The van der Waals surface area contributed by atoms with Crippen LogP contribution in [0.3, 0.4) is 0 Å². The van der Waals surface area contributed by atoms with Crippen molar-refractivity contribution in [2.75, 3.05) is 0 Å². The Morgan fingerprint density at radius 2 is 1.95 bits per heavy atom. The molecule has 0 saturated carbocycles. The average molecular weight is 348 g/mol. The molecule has 0 bridgehead atoms. The first-order chi connectivity index (χ1) is 9.63. The molecule has 0 aliphatic heterocycles. The van der Waals surface area contributed by atoms with Gasteiger partial charge in [-0.15, -0.1) is 0 Å². The minimum Gasteiger partial charge on any atom is -0.478 e. The number of halogens is 1. The summed E-state index contributed by atoms with van der Waals surface area (Å²) in [5.41, 5.74) is 1.35. The first kappa shape index (κ1) is 13.3. The number of rotatable bonds is 3. The second-order valence-corrected chi connectivity index (χ2v) is 6.27. The summed E-state index contributed by atoms with van der Waals surface area (Å²) in [6.45, 7) is 0.